The van der Waals surface area contributed by atoms with Gasteiger partial charge in [-0.1, -0.05) is 23.2 Å². The van der Waals surface area contributed by atoms with E-state index in [2.05, 4.69) is 15.2 Å². The number of nitrogens with zero attached hydrogens (tertiary/aromatic N) is 5. The normalized spacial score (nSPS) is 13.7. The van der Waals surface area contributed by atoms with Gasteiger partial charge in [0, 0.05) is 24.7 Å². The summed E-state index contributed by atoms with van der Waals surface area (Å²) >= 11 is 13.4. The zero-order chi connectivity index (χ0) is 20.1. The molecule has 0 saturated carbocycles. The molecule has 146 valence electrons. The summed E-state index contributed by atoms with van der Waals surface area (Å²) in [5, 5.41) is 9.93. The van der Waals surface area contributed by atoms with E-state index in [1.54, 1.807) is 29.2 Å². The SMILES string of the molecule is O=C(c1ccc(Cl)c(Cl)c1)N1CCn2c(nnc2-c2nc3cc(F)ccc3s2)C1. The van der Waals surface area contributed by atoms with Crippen LogP contribution in [-0.4, -0.2) is 37.1 Å². The highest BCUT2D eigenvalue weighted by molar-refractivity contribution is 7.21. The van der Waals surface area contributed by atoms with E-state index >= 15 is 0 Å². The van der Waals surface area contributed by atoms with Gasteiger partial charge in [-0.05, 0) is 30.3 Å². The molecule has 3 heterocycles. The first-order chi connectivity index (χ1) is 14.0. The first kappa shape index (κ1) is 18.5. The lowest BCUT2D eigenvalue weighted by Crippen LogP contribution is -2.38. The van der Waals surface area contributed by atoms with Gasteiger partial charge in [0.15, 0.2) is 16.7 Å². The minimum atomic E-state index is -0.325. The van der Waals surface area contributed by atoms with E-state index in [1.165, 1.54) is 23.5 Å². The van der Waals surface area contributed by atoms with Crippen LogP contribution in [0.5, 0.6) is 0 Å². The maximum atomic E-state index is 13.4. The van der Waals surface area contributed by atoms with Crippen molar-refractivity contribution < 1.29 is 9.18 Å². The monoisotopic (exact) mass is 447 g/mol. The number of carbonyl (C=O) groups is 1. The summed E-state index contributed by atoms with van der Waals surface area (Å²) in [4.78, 5) is 19.0. The molecule has 1 amide bonds. The molecule has 29 heavy (non-hydrogen) atoms. The Balaban J connectivity index is 1.42. The summed E-state index contributed by atoms with van der Waals surface area (Å²) in [6.45, 7) is 1.36. The van der Waals surface area contributed by atoms with E-state index in [1.807, 2.05) is 4.57 Å². The van der Waals surface area contributed by atoms with Crippen molar-refractivity contribution >= 4 is 50.7 Å². The number of aromatic nitrogens is 4. The zero-order valence-electron chi connectivity index (χ0n) is 14.8. The van der Waals surface area contributed by atoms with Gasteiger partial charge in [0.1, 0.15) is 5.82 Å². The number of rotatable bonds is 2. The molecule has 0 aliphatic carbocycles. The van der Waals surface area contributed by atoms with Crippen molar-refractivity contribution in [1.29, 1.82) is 0 Å². The van der Waals surface area contributed by atoms with Crippen LogP contribution in [0, 0.1) is 5.82 Å². The lowest BCUT2D eigenvalue weighted by Gasteiger charge is -2.27. The second-order valence-electron chi connectivity index (χ2n) is 6.58. The third-order valence-electron chi connectivity index (χ3n) is 4.75. The molecular formula is C19H12Cl2FN5OS. The Labute approximate surface area is 178 Å². The summed E-state index contributed by atoms with van der Waals surface area (Å²) in [6.07, 6.45) is 0. The molecule has 0 unspecified atom stereocenters. The molecule has 0 N–H and O–H groups in total. The average molecular weight is 448 g/mol. The van der Waals surface area contributed by atoms with Gasteiger partial charge >= 0.3 is 0 Å². The number of thiazole rings is 1. The van der Waals surface area contributed by atoms with Gasteiger partial charge in [-0.25, -0.2) is 9.37 Å². The minimum absolute atomic E-state index is 0.144. The molecule has 10 heteroatoms. The molecule has 1 aliphatic rings. The van der Waals surface area contributed by atoms with E-state index in [0.29, 0.717) is 57.4 Å². The Morgan fingerprint density at radius 3 is 2.76 bits per heavy atom. The standard InChI is InChI=1S/C19H12Cl2FN5OS/c20-12-3-1-10(7-13(12)21)19(28)26-5-6-27-16(9-26)24-25-17(27)18-23-14-8-11(22)2-4-15(14)29-18/h1-4,7-8H,5-6,9H2. The van der Waals surface area contributed by atoms with Crippen molar-refractivity contribution in [1.82, 2.24) is 24.6 Å². The van der Waals surface area contributed by atoms with Gasteiger partial charge in [-0.3, -0.25) is 4.79 Å². The third-order valence-corrected chi connectivity index (χ3v) is 6.52. The Morgan fingerprint density at radius 2 is 1.93 bits per heavy atom. The Kier molecular flexibility index (Phi) is 4.49. The van der Waals surface area contributed by atoms with Gasteiger partial charge in [-0.2, -0.15) is 0 Å². The second kappa shape index (κ2) is 7.05. The van der Waals surface area contributed by atoms with Crippen LogP contribution in [0.4, 0.5) is 4.39 Å². The number of fused-ring (bicyclic) bond motifs is 2. The highest BCUT2D eigenvalue weighted by Gasteiger charge is 2.27. The van der Waals surface area contributed by atoms with Crippen LogP contribution in [0.1, 0.15) is 16.2 Å². The van der Waals surface area contributed by atoms with Gasteiger partial charge in [0.25, 0.3) is 5.91 Å². The molecule has 5 rings (SSSR count). The van der Waals surface area contributed by atoms with Gasteiger partial charge in [-0.15, -0.1) is 21.5 Å². The topological polar surface area (TPSA) is 63.9 Å². The fraction of sp³-hybridized carbons (Fsp3) is 0.158. The van der Waals surface area contributed by atoms with Crippen LogP contribution in [0.15, 0.2) is 36.4 Å². The second-order valence-corrected chi connectivity index (χ2v) is 8.42. The summed E-state index contributed by atoms with van der Waals surface area (Å²) in [5.74, 6) is 0.831. The van der Waals surface area contributed by atoms with Crippen molar-refractivity contribution in [3.05, 3.63) is 63.6 Å². The van der Waals surface area contributed by atoms with Gasteiger partial charge in [0.2, 0.25) is 0 Å². The highest BCUT2D eigenvalue weighted by Crippen LogP contribution is 2.31. The summed E-state index contributed by atoms with van der Waals surface area (Å²) in [5.41, 5.74) is 1.07. The molecule has 0 fully saturated rings. The predicted octanol–water partition coefficient (Wildman–Crippen LogP) is 4.66. The number of hydrogen-bond donors (Lipinski definition) is 0. The van der Waals surface area contributed by atoms with E-state index in [0.717, 1.165) is 4.70 Å². The van der Waals surface area contributed by atoms with E-state index in [-0.39, 0.29) is 11.7 Å². The third kappa shape index (κ3) is 3.27. The molecule has 2 aromatic carbocycles. The van der Waals surface area contributed by atoms with Gasteiger partial charge < -0.3 is 9.47 Å². The Morgan fingerprint density at radius 1 is 1.07 bits per heavy atom. The first-order valence-corrected chi connectivity index (χ1v) is 10.3. The number of halogens is 3. The van der Waals surface area contributed by atoms with Crippen LogP contribution in [0.3, 0.4) is 0 Å². The van der Waals surface area contributed by atoms with Gasteiger partial charge in [0.05, 0.1) is 26.8 Å². The van der Waals surface area contributed by atoms with Crippen LogP contribution in [0.2, 0.25) is 10.0 Å². The molecule has 2 aromatic heterocycles. The molecule has 0 saturated heterocycles. The molecule has 4 aromatic rings. The van der Waals surface area contributed by atoms with Crippen molar-refractivity contribution in [2.24, 2.45) is 0 Å². The van der Waals surface area contributed by atoms with Crippen molar-refractivity contribution in [3.63, 3.8) is 0 Å². The van der Waals surface area contributed by atoms with E-state index in [9.17, 15) is 9.18 Å². The fourth-order valence-corrected chi connectivity index (χ4v) is 4.54. The largest absolute Gasteiger partial charge is 0.329 e. The molecule has 0 bridgehead atoms. The number of amides is 1. The number of carbonyl (C=O) groups excluding carboxylic acids is 1. The molecule has 0 atom stereocenters. The van der Waals surface area contributed by atoms with Crippen molar-refractivity contribution in [2.45, 2.75) is 13.1 Å². The summed E-state index contributed by atoms with van der Waals surface area (Å²) in [6, 6.07) is 9.35. The maximum absolute atomic E-state index is 13.4. The van der Waals surface area contributed by atoms with E-state index in [4.69, 9.17) is 23.2 Å². The molecule has 6 nitrogen and oxygen atoms in total. The molecular weight excluding hydrogens is 436 g/mol. The summed E-state index contributed by atoms with van der Waals surface area (Å²) in [7, 11) is 0. The average Bonchev–Trinajstić information content (AvgIpc) is 3.32. The summed E-state index contributed by atoms with van der Waals surface area (Å²) < 4.78 is 16.3. The fourth-order valence-electron chi connectivity index (χ4n) is 3.30. The quantitative estimate of drug-likeness (QED) is 0.448. The first-order valence-electron chi connectivity index (χ1n) is 8.72. The highest BCUT2D eigenvalue weighted by atomic mass is 35.5. The molecule has 0 radical (unpaired) electrons. The molecule has 1 aliphatic heterocycles. The lowest BCUT2D eigenvalue weighted by atomic mass is 10.2. The number of benzene rings is 2. The van der Waals surface area contributed by atoms with Crippen LogP contribution >= 0.6 is 34.5 Å². The maximum Gasteiger partial charge on any atom is 0.254 e. The minimum Gasteiger partial charge on any atom is -0.329 e. The van der Waals surface area contributed by atoms with Crippen LogP contribution in [-0.2, 0) is 13.1 Å². The smallest absolute Gasteiger partial charge is 0.254 e. The zero-order valence-corrected chi connectivity index (χ0v) is 17.1. The van der Waals surface area contributed by atoms with Crippen molar-refractivity contribution in [3.8, 4) is 10.8 Å². The lowest BCUT2D eigenvalue weighted by molar-refractivity contribution is 0.0708. The van der Waals surface area contributed by atoms with E-state index < -0.39 is 0 Å². The van der Waals surface area contributed by atoms with Crippen LogP contribution in [0.25, 0.3) is 21.0 Å². The Bertz CT molecular complexity index is 1270. The number of hydrogen-bond acceptors (Lipinski definition) is 5. The van der Waals surface area contributed by atoms with Crippen molar-refractivity contribution in [2.75, 3.05) is 6.54 Å². The predicted molar refractivity (Wildman–Crippen MR) is 110 cm³/mol. The Hall–Kier alpha value is -2.55. The van der Waals surface area contributed by atoms with Crippen LogP contribution < -0.4 is 0 Å². The molecule has 0 spiro atoms.